The third kappa shape index (κ3) is 3.88. The van der Waals surface area contributed by atoms with E-state index in [1.165, 1.54) is 16.9 Å². The van der Waals surface area contributed by atoms with E-state index in [0.29, 0.717) is 11.2 Å². The molecule has 1 saturated heterocycles. The summed E-state index contributed by atoms with van der Waals surface area (Å²) < 4.78 is 10.9. The molecule has 7 heteroatoms. The van der Waals surface area contributed by atoms with Crippen molar-refractivity contribution in [3.63, 3.8) is 0 Å². The van der Waals surface area contributed by atoms with Gasteiger partial charge in [0, 0.05) is 35.3 Å². The van der Waals surface area contributed by atoms with Crippen LogP contribution in [0, 0.1) is 0 Å². The van der Waals surface area contributed by atoms with Gasteiger partial charge in [-0.1, -0.05) is 6.07 Å². The van der Waals surface area contributed by atoms with Gasteiger partial charge in [-0.3, -0.25) is 4.90 Å². The number of nitrogens with zero attached hydrogens (tertiary/aromatic N) is 2. The number of benzene rings is 1. The summed E-state index contributed by atoms with van der Waals surface area (Å²) in [4.78, 5) is 7.82. The second kappa shape index (κ2) is 7.86. The van der Waals surface area contributed by atoms with E-state index in [-0.39, 0.29) is 12.4 Å². The van der Waals surface area contributed by atoms with Gasteiger partial charge in [-0.15, -0.1) is 23.7 Å². The number of hydrogen-bond acceptors (Lipinski definition) is 6. The van der Waals surface area contributed by atoms with Crippen molar-refractivity contribution in [2.24, 2.45) is 0 Å². The van der Waals surface area contributed by atoms with Crippen molar-refractivity contribution in [2.45, 2.75) is 25.4 Å². The predicted octanol–water partition coefficient (Wildman–Crippen LogP) is 3.50. The highest BCUT2D eigenvalue weighted by molar-refractivity contribution is 7.15. The zero-order valence-electron chi connectivity index (χ0n) is 13.3. The fraction of sp³-hybridized carbons (Fsp3) is 0.438. The van der Waals surface area contributed by atoms with E-state index in [9.17, 15) is 0 Å². The minimum atomic E-state index is 0. The zero-order valence-corrected chi connectivity index (χ0v) is 15.0. The van der Waals surface area contributed by atoms with Gasteiger partial charge in [0.1, 0.15) is 11.5 Å². The highest BCUT2D eigenvalue weighted by atomic mass is 35.5. The van der Waals surface area contributed by atoms with E-state index < -0.39 is 0 Å². The van der Waals surface area contributed by atoms with Gasteiger partial charge in [-0.2, -0.15) is 0 Å². The van der Waals surface area contributed by atoms with Crippen molar-refractivity contribution in [3.8, 4) is 11.5 Å². The van der Waals surface area contributed by atoms with Crippen LogP contribution in [0.3, 0.4) is 0 Å². The standard InChI is InChI=1S/C16H21N3O2S.ClH/c1-20-11-5-6-13(15(8-11)21-2)14-4-3-7-19(14)10-12-9-18-16(17)22-12;/h5-6,8-9,14H,3-4,7,10H2,1-2H3,(H2,17,18);1H. The molecule has 1 fully saturated rings. The Labute approximate surface area is 146 Å². The number of thiazole rings is 1. The lowest BCUT2D eigenvalue weighted by Crippen LogP contribution is -2.22. The molecule has 0 amide bonds. The Morgan fingerprint density at radius 1 is 1.35 bits per heavy atom. The van der Waals surface area contributed by atoms with Gasteiger partial charge in [0.15, 0.2) is 5.13 Å². The Bertz CT molecular complexity index is 650. The highest BCUT2D eigenvalue weighted by Gasteiger charge is 2.28. The Morgan fingerprint density at radius 2 is 2.17 bits per heavy atom. The zero-order chi connectivity index (χ0) is 15.5. The Kier molecular flexibility index (Phi) is 6.10. The van der Waals surface area contributed by atoms with Gasteiger partial charge in [0.05, 0.1) is 14.2 Å². The molecule has 2 N–H and O–H groups in total. The number of ether oxygens (including phenoxy) is 2. The minimum absolute atomic E-state index is 0. The minimum Gasteiger partial charge on any atom is -0.497 e. The second-order valence-corrected chi connectivity index (χ2v) is 6.55. The molecule has 23 heavy (non-hydrogen) atoms. The number of nitrogen functional groups attached to an aromatic ring is 1. The normalized spacial score (nSPS) is 17.7. The first kappa shape index (κ1) is 17.8. The summed E-state index contributed by atoms with van der Waals surface area (Å²) in [5.41, 5.74) is 6.95. The molecule has 1 aromatic heterocycles. The molecule has 1 aliphatic rings. The van der Waals surface area contributed by atoms with E-state index in [2.05, 4.69) is 16.0 Å². The SMILES string of the molecule is COc1ccc(C2CCCN2Cc2cnc(N)s2)c(OC)c1.Cl. The van der Waals surface area contributed by atoms with Crippen LogP contribution < -0.4 is 15.2 Å². The Balaban J connectivity index is 0.00000192. The van der Waals surface area contributed by atoms with Gasteiger partial charge in [0.2, 0.25) is 0 Å². The summed E-state index contributed by atoms with van der Waals surface area (Å²) in [6.45, 7) is 1.96. The molecule has 0 radical (unpaired) electrons. The monoisotopic (exact) mass is 355 g/mol. The molecule has 0 spiro atoms. The summed E-state index contributed by atoms with van der Waals surface area (Å²) in [7, 11) is 3.38. The molecule has 0 bridgehead atoms. The lowest BCUT2D eigenvalue weighted by Gasteiger charge is -2.25. The summed E-state index contributed by atoms with van der Waals surface area (Å²) in [5, 5.41) is 0.632. The molecule has 2 aromatic rings. The van der Waals surface area contributed by atoms with Crippen LogP contribution in [0.2, 0.25) is 0 Å². The van der Waals surface area contributed by atoms with Gasteiger partial charge in [0.25, 0.3) is 0 Å². The van der Waals surface area contributed by atoms with Crippen molar-refractivity contribution in [3.05, 3.63) is 34.8 Å². The number of halogens is 1. The summed E-state index contributed by atoms with van der Waals surface area (Å²) >= 11 is 1.56. The molecule has 126 valence electrons. The lowest BCUT2D eigenvalue weighted by molar-refractivity contribution is 0.244. The smallest absolute Gasteiger partial charge is 0.180 e. The Morgan fingerprint density at radius 3 is 2.83 bits per heavy atom. The van der Waals surface area contributed by atoms with E-state index in [1.807, 2.05) is 18.3 Å². The number of aromatic nitrogens is 1. The summed E-state index contributed by atoms with van der Waals surface area (Å²) in [6, 6.07) is 6.43. The average molecular weight is 356 g/mol. The van der Waals surface area contributed by atoms with Gasteiger partial charge in [-0.05, 0) is 25.5 Å². The fourth-order valence-electron chi connectivity index (χ4n) is 3.06. The number of hydrogen-bond donors (Lipinski definition) is 1. The first-order valence-corrected chi connectivity index (χ1v) is 8.19. The van der Waals surface area contributed by atoms with Crippen LogP contribution in [0.1, 0.15) is 29.3 Å². The molecular weight excluding hydrogens is 334 g/mol. The fourth-order valence-corrected chi connectivity index (χ4v) is 3.77. The van der Waals surface area contributed by atoms with E-state index in [4.69, 9.17) is 15.2 Å². The molecule has 0 saturated carbocycles. The van der Waals surface area contributed by atoms with E-state index in [0.717, 1.165) is 31.0 Å². The average Bonchev–Trinajstić information content (AvgIpc) is 3.16. The van der Waals surface area contributed by atoms with Crippen LogP contribution in [0.4, 0.5) is 5.13 Å². The molecule has 1 unspecified atom stereocenters. The van der Waals surface area contributed by atoms with Gasteiger partial charge >= 0.3 is 0 Å². The van der Waals surface area contributed by atoms with Gasteiger partial charge in [-0.25, -0.2) is 4.98 Å². The molecular formula is C16H22ClN3O2S. The molecule has 1 aromatic carbocycles. The molecule has 3 rings (SSSR count). The third-order valence-electron chi connectivity index (χ3n) is 4.09. The first-order chi connectivity index (χ1) is 10.7. The first-order valence-electron chi connectivity index (χ1n) is 7.37. The van der Waals surface area contributed by atoms with Crippen molar-refractivity contribution < 1.29 is 9.47 Å². The second-order valence-electron chi connectivity index (χ2n) is 5.40. The van der Waals surface area contributed by atoms with Gasteiger partial charge < -0.3 is 15.2 Å². The lowest BCUT2D eigenvalue weighted by atomic mass is 10.0. The van der Waals surface area contributed by atoms with Crippen LogP contribution in [-0.4, -0.2) is 30.6 Å². The maximum absolute atomic E-state index is 5.73. The van der Waals surface area contributed by atoms with Crippen LogP contribution >= 0.6 is 23.7 Å². The molecule has 2 heterocycles. The van der Waals surface area contributed by atoms with E-state index >= 15 is 0 Å². The van der Waals surface area contributed by atoms with Crippen molar-refractivity contribution in [1.29, 1.82) is 0 Å². The number of anilines is 1. The molecule has 1 aliphatic heterocycles. The van der Waals surface area contributed by atoms with Crippen molar-refractivity contribution in [2.75, 3.05) is 26.5 Å². The molecule has 0 aliphatic carbocycles. The highest BCUT2D eigenvalue weighted by Crippen LogP contribution is 2.39. The number of likely N-dealkylation sites (tertiary alicyclic amines) is 1. The van der Waals surface area contributed by atoms with Crippen LogP contribution in [0.15, 0.2) is 24.4 Å². The topological polar surface area (TPSA) is 60.6 Å². The summed E-state index contributed by atoms with van der Waals surface area (Å²) in [5.74, 6) is 1.71. The van der Waals surface area contributed by atoms with Crippen molar-refractivity contribution in [1.82, 2.24) is 9.88 Å². The quantitative estimate of drug-likeness (QED) is 0.889. The Hall–Kier alpha value is -1.50. The molecule has 5 nitrogen and oxygen atoms in total. The number of nitrogens with two attached hydrogens (primary N) is 1. The third-order valence-corrected chi connectivity index (χ3v) is 4.90. The van der Waals surface area contributed by atoms with E-state index in [1.54, 1.807) is 25.6 Å². The predicted molar refractivity (Wildman–Crippen MR) is 95.7 cm³/mol. The molecule has 1 atom stereocenters. The number of methoxy groups -OCH3 is 2. The number of rotatable bonds is 5. The maximum atomic E-state index is 5.73. The van der Waals surface area contributed by atoms with Crippen LogP contribution in [0.25, 0.3) is 0 Å². The summed E-state index contributed by atoms with van der Waals surface area (Å²) in [6.07, 6.45) is 4.20. The maximum Gasteiger partial charge on any atom is 0.180 e. The largest absolute Gasteiger partial charge is 0.497 e. The van der Waals surface area contributed by atoms with Crippen molar-refractivity contribution >= 4 is 28.9 Å². The van der Waals surface area contributed by atoms with Crippen LogP contribution in [-0.2, 0) is 6.54 Å². The van der Waals surface area contributed by atoms with Crippen LogP contribution in [0.5, 0.6) is 11.5 Å².